The number of nitrogen functional groups attached to an aromatic ring is 1. The average molecular weight is 416 g/mol. The first-order chi connectivity index (χ1) is 13.4. The van der Waals surface area contributed by atoms with Gasteiger partial charge in [0.25, 0.3) is 0 Å². The summed E-state index contributed by atoms with van der Waals surface area (Å²) in [6.45, 7) is 0. The van der Waals surface area contributed by atoms with Gasteiger partial charge in [-0.05, 0) is 23.1 Å². The predicted octanol–water partition coefficient (Wildman–Crippen LogP) is 5.45. The second-order valence-electron chi connectivity index (χ2n) is 5.57. The highest BCUT2D eigenvalue weighted by Crippen LogP contribution is 2.39. The molecule has 1 aromatic carbocycles. The molecule has 3 rings (SSSR count). The minimum Gasteiger partial charge on any atom is -0.383 e. The van der Waals surface area contributed by atoms with E-state index in [1.807, 2.05) is 12.1 Å². The number of anilines is 1. The molecule has 0 spiro atoms. The number of thioether (sulfide) groups is 1. The van der Waals surface area contributed by atoms with E-state index in [1.54, 1.807) is 17.5 Å². The van der Waals surface area contributed by atoms with Gasteiger partial charge in [-0.25, -0.2) is 4.98 Å². The smallest absolute Gasteiger partial charge is 0.383 e. The number of nitrogens with two attached hydrogens (primary N) is 1. The largest absolute Gasteiger partial charge is 0.416 e. The van der Waals surface area contributed by atoms with Gasteiger partial charge in [0.05, 0.1) is 11.1 Å². The van der Waals surface area contributed by atoms with Crippen LogP contribution >= 0.6 is 23.1 Å². The standard InChI is InChI=1S/C19H11F3N4S2/c20-19(21,22)14-5-2-1-4-11(14)10-28-18-13(9-24)16(15-6-3-7-27-15)12(8-23)17(25)26-18/h1-7H,10H2,(H2,25,26). The maximum atomic E-state index is 13.2. The van der Waals surface area contributed by atoms with Crippen molar-refractivity contribution in [3.05, 3.63) is 64.0 Å². The summed E-state index contributed by atoms with van der Waals surface area (Å²) in [5.41, 5.74) is 5.81. The summed E-state index contributed by atoms with van der Waals surface area (Å²) in [5.74, 6) is -0.108. The van der Waals surface area contributed by atoms with Gasteiger partial charge in [0.2, 0.25) is 0 Å². The molecule has 3 aromatic rings. The normalized spacial score (nSPS) is 11.0. The maximum Gasteiger partial charge on any atom is 0.416 e. The molecule has 0 radical (unpaired) electrons. The van der Waals surface area contributed by atoms with Crippen LogP contribution in [0.3, 0.4) is 0 Å². The van der Waals surface area contributed by atoms with Crippen molar-refractivity contribution in [3.8, 4) is 22.6 Å². The molecule has 0 aliphatic carbocycles. The van der Waals surface area contributed by atoms with E-state index in [0.29, 0.717) is 10.4 Å². The van der Waals surface area contributed by atoms with Gasteiger partial charge < -0.3 is 5.73 Å². The lowest BCUT2D eigenvalue weighted by Crippen LogP contribution is -2.08. The summed E-state index contributed by atoms with van der Waals surface area (Å²) < 4.78 is 39.6. The van der Waals surface area contributed by atoms with E-state index in [4.69, 9.17) is 5.73 Å². The molecule has 2 N–H and O–H groups in total. The lowest BCUT2D eigenvalue weighted by atomic mass is 10.0. The molecule has 0 atom stereocenters. The number of rotatable bonds is 4. The highest BCUT2D eigenvalue weighted by Gasteiger charge is 2.33. The summed E-state index contributed by atoms with van der Waals surface area (Å²) in [5, 5.41) is 21.1. The van der Waals surface area contributed by atoms with Crippen LogP contribution in [0.1, 0.15) is 22.3 Å². The lowest BCUT2D eigenvalue weighted by Gasteiger charge is -2.14. The highest BCUT2D eigenvalue weighted by molar-refractivity contribution is 7.98. The zero-order valence-corrected chi connectivity index (χ0v) is 15.8. The van der Waals surface area contributed by atoms with Crippen molar-refractivity contribution in [2.75, 3.05) is 5.73 Å². The molecule has 28 heavy (non-hydrogen) atoms. The number of halogens is 3. The minimum atomic E-state index is -4.48. The Morgan fingerprint density at radius 3 is 2.39 bits per heavy atom. The van der Waals surface area contributed by atoms with E-state index in [1.165, 1.54) is 29.5 Å². The second kappa shape index (κ2) is 7.93. The van der Waals surface area contributed by atoms with Gasteiger partial charge in [-0.3, -0.25) is 0 Å². The molecule has 0 saturated carbocycles. The number of pyridine rings is 1. The molecule has 2 heterocycles. The van der Waals surface area contributed by atoms with E-state index in [0.717, 1.165) is 17.8 Å². The van der Waals surface area contributed by atoms with Crippen LogP contribution < -0.4 is 5.73 Å². The Hall–Kier alpha value is -3.01. The van der Waals surface area contributed by atoms with Crippen LogP contribution in [-0.4, -0.2) is 4.98 Å². The Kier molecular flexibility index (Phi) is 5.59. The molecule has 0 aliphatic heterocycles. The zero-order valence-electron chi connectivity index (χ0n) is 14.1. The molecule has 0 aliphatic rings. The molecule has 0 saturated heterocycles. The molecule has 0 unspecified atom stereocenters. The Labute approximate surface area is 167 Å². The van der Waals surface area contributed by atoms with Gasteiger partial charge in [0.15, 0.2) is 0 Å². The van der Waals surface area contributed by atoms with Crippen LogP contribution in [0, 0.1) is 22.7 Å². The van der Waals surface area contributed by atoms with Crippen molar-refractivity contribution < 1.29 is 13.2 Å². The van der Waals surface area contributed by atoms with Gasteiger partial charge in [0, 0.05) is 16.2 Å². The highest BCUT2D eigenvalue weighted by atomic mass is 32.2. The third-order valence-electron chi connectivity index (χ3n) is 3.87. The SMILES string of the molecule is N#Cc1c(N)nc(SCc2ccccc2C(F)(F)F)c(C#N)c1-c1cccs1. The van der Waals surface area contributed by atoms with Gasteiger partial charge in [-0.2, -0.15) is 23.7 Å². The summed E-state index contributed by atoms with van der Waals surface area (Å²) in [6.07, 6.45) is -4.48. The van der Waals surface area contributed by atoms with Gasteiger partial charge in [0.1, 0.15) is 28.5 Å². The third kappa shape index (κ3) is 3.81. The molecule has 0 fully saturated rings. The van der Waals surface area contributed by atoms with Crippen molar-refractivity contribution in [2.24, 2.45) is 0 Å². The van der Waals surface area contributed by atoms with Crippen molar-refractivity contribution >= 4 is 28.9 Å². The van der Waals surface area contributed by atoms with Crippen LogP contribution in [-0.2, 0) is 11.9 Å². The fraction of sp³-hybridized carbons (Fsp3) is 0.105. The molecule has 0 amide bonds. The average Bonchev–Trinajstić information content (AvgIpc) is 3.19. The number of benzene rings is 1. The Bertz CT molecular complexity index is 1090. The molecule has 140 valence electrons. The maximum absolute atomic E-state index is 13.2. The number of alkyl halides is 3. The third-order valence-corrected chi connectivity index (χ3v) is 5.78. The van der Waals surface area contributed by atoms with Crippen molar-refractivity contribution in [1.29, 1.82) is 10.5 Å². The van der Waals surface area contributed by atoms with Crippen LogP contribution in [0.4, 0.5) is 19.0 Å². The van der Waals surface area contributed by atoms with E-state index < -0.39 is 11.7 Å². The first-order valence-corrected chi connectivity index (χ1v) is 9.68. The topological polar surface area (TPSA) is 86.5 Å². The van der Waals surface area contributed by atoms with Gasteiger partial charge >= 0.3 is 6.18 Å². The van der Waals surface area contributed by atoms with Crippen LogP contribution in [0.2, 0.25) is 0 Å². The number of nitriles is 2. The summed E-state index contributed by atoms with van der Waals surface area (Å²) in [7, 11) is 0. The van der Waals surface area contributed by atoms with Crippen molar-refractivity contribution in [2.45, 2.75) is 17.0 Å². The summed E-state index contributed by atoms with van der Waals surface area (Å²) in [6, 6.07) is 12.8. The second-order valence-corrected chi connectivity index (χ2v) is 7.48. The van der Waals surface area contributed by atoms with Crippen LogP contribution in [0.15, 0.2) is 46.8 Å². The Morgan fingerprint density at radius 1 is 1.07 bits per heavy atom. The van der Waals surface area contributed by atoms with E-state index in [-0.39, 0.29) is 33.3 Å². The quantitative estimate of drug-likeness (QED) is 0.572. The monoisotopic (exact) mass is 416 g/mol. The van der Waals surface area contributed by atoms with Crippen molar-refractivity contribution in [1.82, 2.24) is 4.98 Å². The van der Waals surface area contributed by atoms with Crippen molar-refractivity contribution in [3.63, 3.8) is 0 Å². The summed E-state index contributed by atoms with van der Waals surface area (Å²) >= 11 is 2.31. The zero-order chi connectivity index (χ0) is 20.3. The molecule has 0 bridgehead atoms. The van der Waals surface area contributed by atoms with Crippen LogP contribution in [0.5, 0.6) is 0 Å². The first kappa shape index (κ1) is 19.7. The number of hydrogen-bond donors (Lipinski definition) is 1. The van der Waals surface area contributed by atoms with E-state index >= 15 is 0 Å². The molecule has 2 aromatic heterocycles. The molecular weight excluding hydrogens is 405 g/mol. The molecule has 4 nitrogen and oxygen atoms in total. The van der Waals surface area contributed by atoms with Gasteiger partial charge in [-0.1, -0.05) is 24.3 Å². The van der Waals surface area contributed by atoms with Crippen LogP contribution in [0.25, 0.3) is 10.4 Å². The Balaban J connectivity index is 2.06. The Morgan fingerprint density at radius 2 is 1.79 bits per heavy atom. The predicted molar refractivity (Wildman–Crippen MR) is 102 cm³/mol. The molecular formula is C19H11F3N4S2. The number of aromatic nitrogens is 1. The van der Waals surface area contributed by atoms with Gasteiger partial charge in [-0.15, -0.1) is 23.1 Å². The molecule has 9 heteroatoms. The summed E-state index contributed by atoms with van der Waals surface area (Å²) in [4.78, 5) is 4.78. The minimum absolute atomic E-state index is 0.0490. The van der Waals surface area contributed by atoms with E-state index in [9.17, 15) is 23.7 Å². The van der Waals surface area contributed by atoms with E-state index in [2.05, 4.69) is 4.98 Å². The first-order valence-electron chi connectivity index (χ1n) is 7.82. The number of thiophene rings is 1. The number of hydrogen-bond acceptors (Lipinski definition) is 6. The lowest BCUT2D eigenvalue weighted by molar-refractivity contribution is -0.138. The fourth-order valence-corrected chi connectivity index (χ4v) is 4.42. The number of nitrogens with zero attached hydrogens (tertiary/aromatic N) is 3. The fourth-order valence-electron chi connectivity index (χ4n) is 2.64.